The van der Waals surface area contributed by atoms with E-state index in [0.717, 1.165) is 10.4 Å². The average Bonchev–Trinajstić information content (AvgIpc) is 2.87. The molecule has 0 spiro atoms. The number of aliphatic hydroxyl groups is 1. The maximum Gasteiger partial charge on any atom is 0.337 e. The molecule has 0 unspecified atom stereocenters. The molecule has 1 aliphatic heterocycles. The van der Waals surface area contributed by atoms with E-state index in [0.29, 0.717) is 12.8 Å². The van der Waals surface area contributed by atoms with Gasteiger partial charge >= 0.3 is 5.97 Å². The van der Waals surface area contributed by atoms with Crippen LogP contribution in [0.4, 0.5) is 5.69 Å². The summed E-state index contributed by atoms with van der Waals surface area (Å²) in [6.07, 6.45) is 1.20. The van der Waals surface area contributed by atoms with Crippen LogP contribution in [-0.2, 0) is 10.0 Å². The molecule has 1 atom stereocenters. The van der Waals surface area contributed by atoms with Crippen LogP contribution in [0.2, 0.25) is 0 Å². The minimum absolute atomic E-state index is 0.182. The Bertz CT molecular complexity index is 629. The lowest BCUT2D eigenvalue weighted by molar-refractivity contribution is 0.0692. The van der Waals surface area contributed by atoms with Crippen LogP contribution in [0, 0.1) is 0 Å². The second-order valence-electron chi connectivity index (χ2n) is 4.66. The topological polar surface area (TPSA) is 121 Å². The lowest BCUT2D eigenvalue weighted by atomic mass is 10.2. The molecule has 0 radical (unpaired) electrons. The van der Waals surface area contributed by atoms with Gasteiger partial charge in [-0.1, -0.05) is 0 Å². The molecule has 7 nitrogen and oxygen atoms in total. The summed E-state index contributed by atoms with van der Waals surface area (Å²) in [5, 5.41) is 18.4. The first-order chi connectivity index (χ1) is 9.37. The van der Waals surface area contributed by atoms with Crippen LogP contribution in [0.15, 0.2) is 23.1 Å². The molecule has 1 aliphatic rings. The van der Waals surface area contributed by atoms with Crippen LogP contribution in [0.1, 0.15) is 23.2 Å². The van der Waals surface area contributed by atoms with Gasteiger partial charge in [-0.25, -0.2) is 13.2 Å². The highest BCUT2D eigenvalue weighted by atomic mass is 32.2. The van der Waals surface area contributed by atoms with Crippen molar-refractivity contribution in [3.05, 3.63) is 23.8 Å². The van der Waals surface area contributed by atoms with Gasteiger partial charge in [0.25, 0.3) is 0 Å². The zero-order valence-corrected chi connectivity index (χ0v) is 11.5. The third kappa shape index (κ3) is 2.49. The van der Waals surface area contributed by atoms with E-state index in [-0.39, 0.29) is 29.3 Å². The van der Waals surface area contributed by atoms with Gasteiger partial charge < -0.3 is 15.9 Å². The Kier molecular flexibility index (Phi) is 3.98. The molecule has 110 valence electrons. The number of carboxylic acids is 1. The molecule has 1 aromatic rings. The smallest absolute Gasteiger partial charge is 0.337 e. The first-order valence-corrected chi connectivity index (χ1v) is 7.57. The number of carboxylic acid groups (broad SMARTS) is 1. The van der Waals surface area contributed by atoms with Gasteiger partial charge in [-0.2, -0.15) is 4.31 Å². The monoisotopic (exact) mass is 300 g/mol. The maximum absolute atomic E-state index is 12.6. The van der Waals surface area contributed by atoms with E-state index < -0.39 is 22.0 Å². The Morgan fingerprint density at radius 3 is 2.75 bits per heavy atom. The van der Waals surface area contributed by atoms with Crippen LogP contribution >= 0.6 is 0 Å². The van der Waals surface area contributed by atoms with Gasteiger partial charge in [-0.3, -0.25) is 0 Å². The summed E-state index contributed by atoms with van der Waals surface area (Å²) in [4.78, 5) is 10.9. The van der Waals surface area contributed by atoms with E-state index in [9.17, 15) is 18.3 Å². The third-order valence-electron chi connectivity index (χ3n) is 3.35. The Hall–Kier alpha value is -1.64. The summed E-state index contributed by atoms with van der Waals surface area (Å²) in [6.45, 7) is -0.00635. The van der Waals surface area contributed by atoms with Crippen molar-refractivity contribution in [1.29, 1.82) is 0 Å². The number of benzene rings is 1. The molecular formula is C12H16N2O5S. The molecule has 1 saturated heterocycles. The predicted molar refractivity (Wildman–Crippen MR) is 71.8 cm³/mol. The molecule has 2 rings (SSSR count). The van der Waals surface area contributed by atoms with Gasteiger partial charge in [-0.15, -0.1) is 0 Å². The number of nitrogens with two attached hydrogens (primary N) is 1. The van der Waals surface area contributed by atoms with Gasteiger partial charge in [0.2, 0.25) is 10.0 Å². The molecule has 1 aromatic carbocycles. The summed E-state index contributed by atoms with van der Waals surface area (Å²) < 4.78 is 26.3. The van der Waals surface area contributed by atoms with Gasteiger partial charge in [-0.05, 0) is 31.0 Å². The number of aromatic carboxylic acids is 1. The molecule has 1 fully saturated rings. The predicted octanol–water partition coefficient (Wildman–Crippen LogP) is 0.112. The minimum Gasteiger partial charge on any atom is -0.478 e. The van der Waals surface area contributed by atoms with E-state index in [1.165, 1.54) is 12.1 Å². The number of carbonyl (C=O) groups is 1. The molecule has 0 aliphatic carbocycles. The average molecular weight is 300 g/mol. The van der Waals surface area contributed by atoms with Crippen molar-refractivity contribution < 1.29 is 23.4 Å². The first-order valence-electron chi connectivity index (χ1n) is 6.13. The highest BCUT2D eigenvalue weighted by Crippen LogP contribution is 2.28. The second kappa shape index (κ2) is 5.39. The Morgan fingerprint density at radius 1 is 1.45 bits per heavy atom. The highest BCUT2D eigenvalue weighted by molar-refractivity contribution is 7.89. The molecule has 4 N–H and O–H groups in total. The van der Waals surface area contributed by atoms with Crippen molar-refractivity contribution in [2.45, 2.75) is 23.8 Å². The number of nitrogens with zero attached hydrogens (tertiary/aromatic N) is 1. The van der Waals surface area contributed by atoms with Gasteiger partial charge in [0, 0.05) is 18.3 Å². The zero-order valence-electron chi connectivity index (χ0n) is 10.7. The fraction of sp³-hybridized carbons (Fsp3) is 0.417. The molecule has 0 amide bonds. The number of nitrogen functional groups attached to an aromatic ring is 1. The fourth-order valence-corrected chi connectivity index (χ4v) is 4.22. The molecular weight excluding hydrogens is 284 g/mol. The number of rotatable bonds is 4. The SMILES string of the molecule is Nc1ccc(S(=O)(=O)N2CCC[C@@H]2CO)c(C(=O)O)c1. The van der Waals surface area contributed by atoms with Crippen LogP contribution in [0.3, 0.4) is 0 Å². The third-order valence-corrected chi connectivity index (χ3v) is 5.36. The Labute approximate surface area is 116 Å². The van der Waals surface area contributed by atoms with Crippen LogP contribution in [-0.4, -0.2) is 48.1 Å². The second-order valence-corrected chi connectivity index (χ2v) is 6.51. The van der Waals surface area contributed by atoms with Crippen LogP contribution in [0.25, 0.3) is 0 Å². The van der Waals surface area contributed by atoms with E-state index in [4.69, 9.17) is 10.8 Å². The van der Waals surface area contributed by atoms with E-state index in [1.54, 1.807) is 0 Å². The normalized spacial score (nSPS) is 20.1. The quantitative estimate of drug-likeness (QED) is 0.679. The number of hydrogen-bond donors (Lipinski definition) is 3. The first kappa shape index (κ1) is 14.8. The fourth-order valence-electron chi connectivity index (χ4n) is 2.37. The molecule has 0 bridgehead atoms. The molecule has 1 heterocycles. The highest BCUT2D eigenvalue weighted by Gasteiger charge is 2.36. The van der Waals surface area contributed by atoms with Crippen LogP contribution in [0.5, 0.6) is 0 Å². The number of sulfonamides is 1. The number of anilines is 1. The van der Waals surface area contributed by atoms with Crippen molar-refractivity contribution in [2.24, 2.45) is 0 Å². The van der Waals surface area contributed by atoms with E-state index in [1.807, 2.05) is 0 Å². The lowest BCUT2D eigenvalue weighted by Gasteiger charge is -2.23. The molecule has 0 saturated carbocycles. The summed E-state index contributed by atoms with van der Waals surface area (Å²) in [7, 11) is -3.96. The van der Waals surface area contributed by atoms with Gasteiger partial charge in [0.1, 0.15) is 0 Å². The lowest BCUT2D eigenvalue weighted by Crippen LogP contribution is -2.38. The van der Waals surface area contributed by atoms with Crippen molar-refractivity contribution in [3.63, 3.8) is 0 Å². The summed E-state index contributed by atoms with van der Waals surface area (Å²) in [5.41, 5.74) is 5.33. The summed E-state index contributed by atoms with van der Waals surface area (Å²) >= 11 is 0. The van der Waals surface area contributed by atoms with Crippen LogP contribution < -0.4 is 5.73 Å². The van der Waals surface area contributed by atoms with Gasteiger partial charge in [0.15, 0.2) is 0 Å². The summed E-state index contributed by atoms with van der Waals surface area (Å²) in [6, 6.07) is 3.17. The van der Waals surface area contributed by atoms with Crippen molar-refractivity contribution >= 4 is 21.7 Å². The van der Waals surface area contributed by atoms with Crippen molar-refractivity contribution in [2.75, 3.05) is 18.9 Å². The zero-order chi connectivity index (χ0) is 14.9. The van der Waals surface area contributed by atoms with Gasteiger partial charge in [0.05, 0.1) is 17.1 Å². The van der Waals surface area contributed by atoms with Crippen molar-refractivity contribution in [3.8, 4) is 0 Å². The molecule has 20 heavy (non-hydrogen) atoms. The summed E-state index contributed by atoms with van der Waals surface area (Å²) in [5.74, 6) is -1.35. The Balaban J connectivity index is 2.52. The molecule has 0 aromatic heterocycles. The Morgan fingerprint density at radius 2 is 2.15 bits per heavy atom. The van der Waals surface area contributed by atoms with E-state index in [2.05, 4.69) is 0 Å². The largest absolute Gasteiger partial charge is 0.478 e. The van der Waals surface area contributed by atoms with E-state index >= 15 is 0 Å². The number of hydrogen-bond acceptors (Lipinski definition) is 5. The van der Waals surface area contributed by atoms with Crippen molar-refractivity contribution in [1.82, 2.24) is 4.31 Å². The maximum atomic E-state index is 12.6. The minimum atomic E-state index is -3.96. The number of aliphatic hydroxyl groups excluding tert-OH is 1. The standard InChI is InChI=1S/C12H16N2O5S/c13-8-3-4-11(10(6-8)12(16)17)20(18,19)14-5-1-2-9(14)7-15/h3-4,6,9,15H,1-2,5,7,13H2,(H,16,17)/t9-/m1/s1. The molecule has 8 heteroatoms.